The number of nitrogens with two attached hydrogens (primary N) is 1. The Kier molecular flexibility index (Phi) is 6.49. The Morgan fingerprint density at radius 1 is 1.38 bits per heavy atom. The third-order valence-corrected chi connectivity index (χ3v) is 5.88. The molecule has 1 aliphatic carbocycles. The summed E-state index contributed by atoms with van der Waals surface area (Å²) in [5.74, 6) is 0.630. The Balaban J connectivity index is 0.00000208. The number of anilines is 1. The van der Waals surface area contributed by atoms with Crippen molar-refractivity contribution >= 4 is 45.6 Å². The topological polar surface area (TPSA) is 87.8 Å². The predicted molar refractivity (Wildman–Crippen MR) is 109 cm³/mol. The maximum absolute atomic E-state index is 11.5. The minimum absolute atomic E-state index is 0. The highest BCUT2D eigenvalue weighted by atomic mass is 127. The lowest BCUT2D eigenvalue weighted by Crippen LogP contribution is -2.28. The van der Waals surface area contributed by atoms with Gasteiger partial charge in [-0.3, -0.25) is 4.99 Å². The molecule has 24 heavy (non-hydrogen) atoms. The molecule has 8 heteroatoms. The third kappa shape index (κ3) is 4.82. The van der Waals surface area contributed by atoms with Crippen molar-refractivity contribution in [2.45, 2.75) is 25.7 Å². The summed E-state index contributed by atoms with van der Waals surface area (Å²) in [5, 5.41) is 3.13. The number of hydrogen-bond donors (Lipinski definition) is 2. The fourth-order valence-corrected chi connectivity index (χ4v) is 4.23. The lowest BCUT2D eigenvalue weighted by atomic mass is 10.1. The zero-order valence-electron chi connectivity index (χ0n) is 13.9. The van der Waals surface area contributed by atoms with Crippen LogP contribution in [0.3, 0.4) is 0 Å². The summed E-state index contributed by atoms with van der Waals surface area (Å²) in [7, 11) is -3.09. The summed E-state index contributed by atoms with van der Waals surface area (Å²) in [6, 6.07) is 6.33. The summed E-state index contributed by atoms with van der Waals surface area (Å²) in [5.41, 5.74) is 9.74. The standard InChI is InChI=1S/C16H24N4O2S.HI/c1-23(21,22)20-8-7-12(11-20)10-18-16(17)19-15-6-5-13-3-2-4-14(13)9-15;/h5-6,9,12H,2-4,7-8,10-11H2,1H3,(H3,17,18,19);1H. The van der Waals surface area contributed by atoms with Gasteiger partial charge in [0.2, 0.25) is 10.0 Å². The van der Waals surface area contributed by atoms with Gasteiger partial charge in [0.25, 0.3) is 0 Å². The minimum Gasteiger partial charge on any atom is -0.370 e. The van der Waals surface area contributed by atoms with Crippen LogP contribution >= 0.6 is 24.0 Å². The van der Waals surface area contributed by atoms with Crippen molar-refractivity contribution in [2.75, 3.05) is 31.2 Å². The SMILES string of the molecule is CS(=O)(=O)N1CCC(CN=C(N)Nc2ccc3c(c2)CCC3)C1.I. The Hall–Kier alpha value is -0.870. The second kappa shape index (κ2) is 8.01. The van der Waals surface area contributed by atoms with Crippen molar-refractivity contribution in [2.24, 2.45) is 16.6 Å². The number of benzene rings is 1. The van der Waals surface area contributed by atoms with E-state index >= 15 is 0 Å². The number of nitrogens with zero attached hydrogens (tertiary/aromatic N) is 2. The number of guanidine groups is 1. The minimum atomic E-state index is -3.09. The number of sulfonamides is 1. The summed E-state index contributed by atoms with van der Waals surface area (Å²) in [6.45, 7) is 1.67. The number of fused-ring (bicyclic) bond motifs is 1. The molecule has 0 amide bonds. The number of aryl methyl sites for hydroxylation is 2. The van der Waals surface area contributed by atoms with Crippen LogP contribution in [0.15, 0.2) is 23.2 Å². The van der Waals surface area contributed by atoms with E-state index in [4.69, 9.17) is 5.73 Å². The second-order valence-corrected chi connectivity index (χ2v) is 8.45. The molecule has 0 bridgehead atoms. The lowest BCUT2D eigenvalue weighted by Gasteiger charge is -2.12. The van der Waals surface area contributed by atoms with Crippen molar-refractivity contribution in [1.29, 1.82) is 0 Å². The van der Waals surface area contributed by atoms with Crippen LogP contribution in [0.25, 0.3) is 0 Å². The Morgan fingerprint density at radius 2 is 2.12 bits per heavy atom. The number of aliphatic imine (C=N–C) groups is 1. The predicted octanol–water partition coefficient (Wildman–Crippen LogP) is 1.80. The molecule has 134 valence electrons. The van der Waals surface area contributed by atoms with E-state index in [0.717, 1.165) is 24.9 Å². The number of rotatable bonds is 4. The highest BCUT2D eigenvalue weighted by Gasteiger charge is 2.28. The van der Waals surface area contributed by atoms with E-state index in [1.807, 2.05) is 6.07 Å². The van der Waals surface area contributed by atoms with Crippen LogP contribution in [0, 0.1) is 5.92 Å². The molecule has 1 heterocycles. The van der Waals surface area contributed by atoms with Crippen molar-refractivity contribution < 1.29 is 8.42 Å². The van der Waals surface area contributed by atoms with Crippen molar-refractivity contribution in [1.82, 2.24) is 4.31 Å². The molecule has 1 fully saturated rings. The molecule has 0 radical (unpaired) electrons. The van der Waals surface area contributed by atoms with Gasteiger partial charge in [-0.25, -0.2) is 12.7 Å². The van der Waals surface area contributed by atoms with Crippen LogP contribution in [-0.4, -0.2) is 44.6 Å². The van der Waals surface area contributed by atoms with E-state index < -0.39 is 10.0 Å². The summed E-state index contributed by atoms with van der Waals surface area (Å²) < 4.78 is 24.5. The van der Waals surface area contributed by atoms with Gasteiger partial charge in [0.15, 0.2) is 5.96 Å². The first kappa shape index (κ1) is 19.5. The molecule has 1 aromatic carbocycles. The third-order valence-electron chi connectivity index (χ3n) is 4.61. The highest BCUT2D eigenvalue weighted by molar-refractivity contribution is 14.0. The van der Waals surface area contributed by atoms with Crippen LogP contribution in [0.2, 0.25) is 0 Å². The quantitative estimate of drug-likeness (QED) is 0.404. The average Bonchev–Trinajstić information content (AvgIpc) is 3.13. The van der Waals surface area contributed by atoms with Crippen LogP contribution in [-0.2, 0) is 22.9 Å². The van der Waals surface area contributed by atoms with Crippen LogP contribution in [0.5, 0.6) is 0 Å². The Bertz CT molecular complexity index is 721. The van der Waals surface area contributed by atoms with Gasteiger partial charge in [-0.05, 0) is 54.9 Å². The van der Waals surface area contributed by atoms with Crippen molar-refractivity contribution in [3.8, 4) is 0 Å². The molecular formula is C16H25IN4O2S. The van der Waals surface area contributed by atoms with Gasteiger partial charge in [0.05, 0.1) is 6.26 Å². The summed E-state index contributed by atoms with van der Waals surface area (Å²) in [4.78, 5) is 4.37. The molecule has 6 nitrogen and oxygen atoms in total. The second-order valence-electron chi connectivity index (χ2n) is 6.46. The molecule has 1 unspecified atom stereocenters. The first-order valence-corrected chi connectivity index (χ1v) is 9.90. The first-order valence-electron chi connectivity index (χ1n) is 8.06. The zero-order valence-corrected chi connectivity index (χ0v) is 17.0. The molecule has 0 spiro atoms. The van der Waals surface area contributed by atoms with E-state index in [2.05, 4.69) is 22.4 Å². The van der Waals surface area contributed by atoms with Crippen molar-refractivity contribution in [3.63, 3.8) is 0 Å². The largest absolute Gasteiger partial charge is 0.370 e. The molecule has 0 saturated carbocycles. The molecule has 1 saturated heterocycles. The van der Waals surface area contributed by atoms with Gasteiger partial charge in [-0.2, -0.15) is 0 Å². The summed E-state index contributed by atoms with van der Waals surface area (Å²) in [6.07, 6.45) is 5.61. The van der Waals surface area contributed by atoms with Gasteiger partial charge >= 0.3 is 0 Å². The normalized spacial score (nSPS) is 21.4. The van der Waals surface area contributed by atoms with Crippen LogP contribution in [0.4, 0.5) is 5.69 Å². The molecule has 0 aromatic heterocycles. The fraction of sp³-hybridized carbons (Fsp3) is 0.562. The van der Waals surface area contributed by atoms with Crippen molar-refractivity contribution in [3.05, 3.63) is 29.3 Å². The monoisotopic (exact) mass is 464 g/mol. The molecule has 2 aliphatic rings. The smallest absolute Gasteiger partial charge is 0.211 e. The Morgan fingerprint density at radius 3 is 2.83 bits per heavy atom. The molecule has 1 aromatic rings. The molecule has 3 rings (SSSR count). The lowest BCUT2D eigenvalue weighted by molar-refractivity contribution is 0.464. The van der Waals surface area contributed by atoms with E-state index in [9.17, 15) is 8.42 Å². The van der Waals surface area contributed by atoms with E-state index in [-0.39, 0.29) is 29.9 Å². The molecule has 1 atom stereocenters. The van der Waals surface area contributed by atoms with E-state index in [1.165, 1.54) is 28.1 Å². The van der Waals surface area contributed by atoms with Crippen LogP contribution < -0.4 is 11.1 Å². The number of nitrogens with one attached hydrogen (secondary N) is 1. The van der Waals surface area contributed by atoms with Gasteiger partial charge in [-0.1, -0.05) is 6.07 Å². The fourth-order valence-electron chi connectivity index (χ4n) is 3.31. The maximum atomic E-state index is 11.5. The average molecular weight is 464 g/mol. The number of hydrogen-bond acceptors (Lipinski definition) is 3. The summed E-state index contributed by atoms with van der Waals surface area (Å²) >= 11 is 0. The number of halogens is 1. The maximum Gasteiger partial charge on any atom is 0.211 e. The first-order chi connectivity index (χ1) is 10.9. The van der Waals surface area contributed by atoms with Gasteiger partial charge in [0, 0.05) is 25.3 Å². The van der Waals surface area contributed by atoms with Gasteiger partial charge in [0.1, 0.15) is 0 Å². The van der Waals surface area contributed by atoms with Gasteiger partial charge in [-0.15, -0.1) is 24.0 Å². The molecular weight excluding hydrogens is 439 g/mol. The highest BCUT2D eigenvalue weighted by Crippen LogP contribution is 2.25. The molecule has 1 aliphatic heterocycles. The van der Waals surface area contributed by atoms with E-state index in [0.29, 0.717) is 25.6 Å². The van der Waals surface area contributed by atoms with E-state index in [1.54, 1.807) is 0 Å². The van der Waals surface area contributed by atoms with Crippen LogP contribution in [0.1, 0.15) is 24.0 Å². The zero-order chi connectivity index (χ0) is 16.4. The molecule has 3 N–H and O–H groups in total. The Labute approximate surface area is 161 Å². The van der Waals surface area contributed by atoms with Gasteiger partial charge < -0.3 is 11.1 Å².